The number of hydrogen-bond acceptors (Lipinski definition) is 2. The number of nitrogens with zero attached hydrogens (tertiary/aromatic N) is 1. The van der Waals surface area contributed by atoms with Crippen molar-refractivity contribution in [3.63, 3.8) is 0 Å². The molecule has 0 saturated heterocycles. The summed E-state index contributed by atoms with van der Waals surface area (Å²) in [5, 5.41) is 3.16. The van der Waals surface area contributed by atoms with Gasteiger partial charge in [-0.15, -0.1) is 0 Å². The molecular formula is C16H18F2N2. The highest BCUT2D eigenvalue weighted by atomic mass is 19.2. The maximum atomic E-state index is 13.6. The number of halogens is 2. The van der Waals surface area contributed by atoms with Crippen LogP contribution in [0.3, 0.4) is 0 Å². The van der Waals surface area contributed by atoms with E-state index in [1.54, 1.807) is 18.3 Å². The van der Waals surface area contributed by atoms with Crippen LogP contribution < -0.4 is 5.32 Å². The first kappa shape index (κ1) is 14.6. The summed E-state index contributed by atoms with van der Waals surface area (Å²) in [6.07, 6.45) is 5.74. The minimum absolute atomic E-state index is 0.103. The third-order valence-electron chi connectivity index (χ3n) is 3.41. The van der Waals surface area contributed by atoms with E-state index in [4.69, 9.17) is 0 Å². The molecule has 1 N–H and O–H groups in total. The predicted octanol–water partition coefficient (Wildman–Crippen LogP) is 3.12. The van der Waals surface area contributed by atoms with Crippen molar-refractivity contribution in [1.29, 1.82) is 0 Å². The van der Waals surface area contributed by atoms with Crippen molar-refractivity contribution in [3.05, 3.63) is 65.5 Å². The van der Waals surface area contributed by atoms with Gasteiger partial charge in [0.2, 0.25) is 0 Å². The number of aryl methyl sites for hydroxylation is 1. The zero-order chi connectivity index (χ0) is 14.4. The number of pyridine rings is 1. The first-order valence-electron chi connectivity index (χ1n) is 6.69. The van der Waals surface area contributed by atoms with E-state index in [0.29, 0.717) is 12.0 Å². The van der Waals surface area contributed by atoms with Crippen molar-refractivity contribution in [2.24, 2.45) is 0 Å². The molecule has 0 saturated carbocycles. The molecular weight excluding hydrogens is 258 g/mol. The quantitative estimate of drug-likeness (QED) is 0.877. The lowest BCUT2D eigenvalue weighted by Gasteiger charge is -2.16. The van der Waals surface area contributed by atoms with Gasteiger partial charge < -0.3 is 5.32 Å². The van der Waals surface area contributed by atoms with E-state index in [-0.39, 0.29) is 6.04 Å². The van der Waals surface area contributed by atoms with Crippen molar-refractivity contribution in [3.8, 4) is 0 Å². The van der Waals surface area contributed by atoms with Crippen LogP contribution in [-0.2, 0) is 12.8 Å². The van der Waals surface area contributed by atoms with E-state index >= 15 is 0 Å². The van der Waals surface area contributed by atoms with Gasteiger partial charge in [0.05, 0.1) is 0 Å². The predicted molar refractivity (Wildman–Crippen MR) is 75.5 cm³/mol. The Labute approximate surface area is 117 Å². The van der Waals surface area contributed by atoms with Gasteiger partial charge in [-0.2, -0.15) is 0 Å². The topological polar surface area (TPSA) is 24.9 Å². The summed E-state index contributed by atoms with van der Waals surface area (Å²) in [5.74, 6) is -1.53. The molecule has 20 heavy (non-hydrogen) atoms. The highest BCUT2D eigenvalue weighted by molar-refractivity contribution is 5.20. The number of hydrogen-bond donors (Lipinski definition) is 1. The van der Waals surface area contributed by atoms with Crippen LogP contribution in [0.5, 0.6) is 0 Å². The number of nitrogens with one attached hydrogen (secondary N) is 1. The van der Waals surface area contributed by atoms with Gasteiger partial charge in [0, 0.05) is 18.4 Å². The average Bonchev–Trinajstić information content (AvgIpc) is 2.49. The van der Waals surface area contributed by atoms with Gasteiger partial charge in [-0.25, -0.2) is 8.78 Å². The first-order chi connectivity index (χ1) is 9.70. The monoisotopic (exact) mass is 276 g/mol. The van der Waals surface area contributed by atoms with Crippen LogP contribution in [0.15, 0.2) is 42.7 Å². The van der Waals surface area contributed by atoms with Gasteiger partial charge in [0.1, 0.15) is 0 Å². The third-order valence-corrected chi connectivity index (χ3v) is 3.41. The van der Waals surface area contributed by atoms with Gasteiger partial charge in [0.25, 0.3) is 0 Å². The molecule has 0 radical (unpaired) electrons. The van der Waals surface area contributed by atoms with E-state index < -0.39 is 11.6 Å². The van der Waals surface area contributed by atoms with Gasteiger partial charge in [-0.05, 0) is 49.6 Å². The van der Waals surface area contributed by atoms with Crippen molar-refractivity contribution in [2.75, 3.05) is 7.05 Å². The maximum Gasteiger partial charge on any atom is 0.162 e. The van der Waals surface area contributed by atoms with Gasteiger partial charge in [0.15, 0.2) is 11.6 Å². The van der Waals surface area contributed by atoms with Crippen molar-refractivity contribution in [1.82, 2.24) is 10.3 Å². The fraction of sp³-hybridized carbons (Fsp3) is 0.312. The van der Waals surface area contributed by atoms with Crippen LogP contribution in [-0.4, -0.2) is 18.1 Å². The Bertz CT molecular complexity index is 543. The Hall–Kier alpha value is -1.81. The molecule has 2 aromatic rings. The minimum Gasteiger partial charge on any atom is -0.317 e. The number of benzene rings is 1. The average molecular weight is 276 g/mol. The summed E-state index contributed by atoms with van der Waals surface area (Å²) in [5.41, 5.74) is 1.56. The molecule has 0 aliphatic heterocycles. The summed E-state index contributed by atoms with van der Waals surface area (Å²) in [4.78, 5) is 4.07. The number of likely N-dealkylation sites (N-methyl/N-ethyl adjacent to an activating group) is 1. The normalized spacial score (nSPS) is 12.3. The summed E-state index contributed by atoms with van der Waals surface area (Å²) >= 11 is 0. The molecule has 1 aromatic heterocycles. The second kappa shape index (κ2) is 7.10. The molecule has 4 heteroatoms. The third kappa shape index (κ3) is 3.84. The lowest BCUT2D eigenvalue weighted by molar-refractivity contribution is 0.473. The molecule has 0 fully saturated rings. The second-order valence-corrected chi connectivity index (χ2v) is 4.80. The highest BCUT2D eigenvalue weighted by Gasteiger charge is 2.13. The van der Waals surface area contributed by atoms with E-state index in [9.17, 15) is 8.78 Å². The Kier molecular flexibility index (Phi) is 5.18. The molecule has 1 unspecified atom stereocenters. The Balaban J connectivity index is 1.97. The minimum atomic E-state index is -0.787. The summed E-state index contributed by atoms with van der Waals surface area (Å²) < 4.78 is 26.8. The van der Waals surface area contributed by atoms with Crippen LogP contribution in [0, 0.1) is 11.6 Å². The molecule has 2 rings (SSSR count). The standard InChI is InChI=1S/C16H18F2N2/c1-19-14(8-7-12-4-3-9-20-11-12)10-13-5-2-6-15(17)16(13)18/h2-6,9,11,14,19H,7-8,10H2,1H3. The largest absolute Gasteiger partial charge is 0.317 e. The smallest absolute Gasteiger partial charge is 0.162 e. The highest BCUT2D eigenvalue weighted by Crippen LogP contribution is 2.15. The van der Waals surface area contributed by atoms with Crippen LogP contribution in [0.25, 0.3) is 0 Å². The van der Waals surface area contributed by atoms with Crippen molar-refractivity contribution >= 4 is 0 Å². The van der Waals surface area contributed by atoms with E-state index in [1.807, 2.05) is 25.4 Å². The van der Waals surface area contributed by atoms with Gasteiger partial charge in [-0.1, -0.05) is 18.2 Å². The first-order valence-corrected chi connectivity index (χ1v) is 6.69. The van der Waals surface area contributed by atoms with Crippen LogP contribution >= 0.6 is 0 Å². The molecule has 1 atom stereocenters. The summed E-state index contributed by atoms with van der Waals surface area (Å²) in [6, 6.07) is 8.34. The SMILES string of the molecule is CNC(CCc1cccnc1)Cc1cccc(F)c1F. The molecule has 2 nitrogen and oxygen atoms in total. The number of aromatic nitrogens is 1. The molecule has 0 amide bonds. The Morgan fingerprint density at radius 3 is 2.75 bits per heavy atom. The molecule has 0 spiro atoms. The second-order valence-electron chi connectivity index (χ2n) is 4.80. The Morgan fingerprint density at radius 2 is 2.05 bits per heavy atom. The van der Waals surface area contributed by atoms with E-state index in [0.717, 1.165) is 24.5 Å². The Morgan fingerprint density at radius 1 is 1.20 bits per heavy atom. The van der Waals surface area contributed by atoms with Gasteiger partial charge >= 0.3 is 0 Å². The zero-order valence-corrected chi connectivity index (χ0v) is 11.4. The number of rotatable bonds is 6. The summed E-state index contributed by atoms with van der Waals surface area (Å²) in [6.45, 7) is 0. The maximum absolute atomic E-state index is 13.6. The van der Waals surface area contributed by atoms with Crippen molar-refractivity contribution < 1.29 is 8.78 Å². The van der Waals surface area contributed by atoms with Gasteiger partial charge in [-0.3, -0.25) is 4.98 Å². The lowest BCUT2D eigenvalue weighted by Crippen LogP contribution is -2.28. The van der Waals surface area contributed by atoms with Crippen LogP contribution in [0.4, 0.5) is 8.78 Å². The zero-order valence-electron chi connectivity index (χ0n) is 11.4. The molecule has 1 aromatic carbocycles. The molecule has 0 aliphatic rings. The fourth-order valence-corrected chi connectivity index (χ4v) is 2.21. The van der Waals surface area contributed by atoms with Crippen LogP contribution in [0.1, 0.15) is 17.5 Å². The fourth-order valence-electron chi connectivity index (χ4n) is 2.21. The lowest BCUT2D eigenvalue weighted by atomic mass is 9.99. The molecule has 0 bridgehead atoms. The van der Waals surface area contributed by atoms with E-state index in [2.05, 4.69) is 10.3 Å². The van der Waals surface area contributed by atoms with Crippen molar-refractivity contribution in [2.45, 2.75) is 25.3 Å². The molecule has 0 aliphatic carbocycles. The van der Waals surface area contributed by atoms with E-state index in [1.165, 1.54) is 0 Å². The summed E-state index contributed by atoms with van der Waals surface area (Å²) in [7, 11) is 1.84. The molecule has 1 heterocycles. The molecule has 106 valence electrons. The van der Waals surface area contributed by atoms with Crippen LogP contribution in [0.2, 0.25) is 0 Å².